The van der Waals surface area contributed by atoms with E-state index in [-0.39, 0.29) is 24.0 Å². The lowest BCUT2D eigenvalue weighted by atomic mass is 10.0. The van der Waals surface area contributed by atoms with Gasteiger partial charge in [0, 0.05) is 55.7 Å². The highest BCUT2D eigenvalue weighted by Crippen LogP contribution is 2.28. The maximum absolute atomic E-state index is 12.8. The second kappa shape index (κ2) is 10.7. The highest BCUT2D eigenvalue weighted by Gasteiger charge is 2.34. The van der Waals surface area contributed by atoms with Gasteiger partial charge < -0.3 is 15.0 Å². The molecule has 2 atom stereocenters. The second-order valence-corrected chi connectivity index (χ2v) is 9.75. The van der Waals surface area contributed by atoms with Gasteiger partial charge in [0.15, 0.2) is 0 Å². The highest BCUT2D eigenvalue weighted by atomic mass is 35.5. The van der Waals surface area contributed by atoms with Gasteiger partial charge in [-0.1, -0.05) is 11.6 Å². The Balaban J connectivity index is 1.43. The molecule has 4 rings (SSSR count). The molecule has 0 bridgehead atoms. The molecule has 2 amide bonds. The summed E-state index contributed by atoms with van der Waals surface area (Å²) < 4.78 is 5.59. The average molecular weight is 496 g/mol. The third-order valence-electron chi connectivity index (χ3n) is 6.77. The first-order valence-corrected chi connectivity index (χ1v) is 12.3. The number of ether oxygens (including phenoxy) is 1. The van der Waals surface area contributed by atoms with Crippen molar-refractivity contribution in [3.05, 3.63) is 57.4 Å². The van der Waals surface area contributed by atoms with Gasteiger partial charge in [-0.2, -0.15) is 5.26 Å². The number of nitrogens with zero attached hydrogens (tertiary/aromatic N) is 4. The summed E-state index contributed by atoms with van der Waals surface area (Å²) in [6.45, 7) is 9.29. The van der Waals surface area contributed by atoms with E-state index in [1.54, 1.807) is 19.1 Å². The van der Waals surface area contributed by atoms with E-state index in [1.165, 1.54) is 6.20 Å². The highest BCUT2D eigenvalue weighted by molar-refractivity contribution is 6.31. The molecule has 1 unspecified atom stereocenters. The van der Waals surface area contributed by atoms with E-state index >= 15 is 0 Å². The fraction of sp³-hybridized carbons (Fsp3) is 0.462. The molecular formula is C26H30ClN5O3. The Hall–Kier alpha value is -2.99. The Kier molecular flexibility index (Phi) is 7.70. The van der Waals surface area contributed by atoms with Crippen LogP contribution in [0.1, 0.15) is 52.5 Å². The molecule has 2 aliphatic heterocycles. The molecule has 2 fully saturated rings. The van der Waals surface area contributed by atoms with Gasteiger partial charge in [0.2, 0.25) is 0 Å². The Morgan fingerprint density at radius 2 is 2.09 bits per heavy atom. The predicted molar refractivity (Wildman–Crippen MR) is 133 cm³/mol. The zero-order valence-corrected chi connectivity index (χ0v) is 21.1. The van der Waals surface area contributed by atoms with E-state index in [1.807, 2.05) is 24.0 Å². The molecule has 2 aromatic rings. The fourth-order valence-electron chi connectivity index (χ4n) is 4.74. The number of nitriles is 1. The van der Waals surface area contributed by atoms with Crippen molar-refractivity contribution in [3.63, 3.8) is 0 Å². The number of halogens is 1. The van der Waals surface area contributed by atoms with Crippen LogP contribution in [0.25, 0.3) is 0 Å². The molecule has 0 spiro atoms. The van der Waals surface area contributed by atoms with Crippen LogP contribution in [0.4, 0.5) is 5.69 Å². The Bertz CT molecular complexity index is 1170. The first-order valence-electron chi connectivity index (χ1n) is 11.9. The number of nitrogens with one attached hydrogen (secondary N) is 1. The molecule has 0 saturated carbocycles. The number of anilines is 1. The third-order valence-corrected chi connectivity index (χ3v) is 6.99. The molecule has 0 aliphatic carbocycles. The van der Waals surface area contributed by atoms with Crippen LogP contribution in [-0.2, 0) is 16.1 Å². The number of rotatable bonds is 5. The minimum Gasteiger partial charge on any atom is -0.368 e. The number of pyridine rings is 1. The topological polar surface area (TPSA) is 98.6 Å². The summed E-state index contributed by atoms with van der Waals surface area (Å²) in [7, 11) is 0. The van der Waals surface area contributed by atoms with Crippen LogP contribution in [0.15, 0.2) is 24.4 Å². The number of aromatic nitrogens is 1. The monoisotopic (exact) mass is 495 g/mol. The molecule has 2 saturated heterocycles. The van der Waals surface area contributed by atoms with Crippen LogP contribution in [0.5, 0.6) is 0 Å². The average Bonchev–Trinajstić information content (AvgIpc) is 3.37. The zero-order chi connectivity index (χ0) is 25.1. The van der Waals surface area contributed by atoms with Gasteiger partial charge in [0.1, 0.15) is 17.9 Å². The van der Waals surface area contributed by atoms with Gasteiger partial charge in [-0.25, -0.2) is 4.98 Å². The number of aryl methyl sites for hydroxylation is 1. The molecule has 3 heterocycles. The van der Waals surface area contributed by atoms with Crippen molar-refractivity contribution in [1.29, 1.82) is 5.26 Å². The lowest BCUT2D eigenvalue weighted by Crippen LogP contribution is -2.55. The first-order chi connectivity index (χ1) is 16.8. The predicted octanol–water partition coefficient (Wildman–Crippen LogP) is 3.69. The molecule has 35 heavy (non-hydrogen) atoms. The van der Waals surface area contributed by atoms with Gasteiger partial charge in [-0.3, -0.25) is 14.5 Å². The van der Waals surface area contributed by atoms with Gasteiger partial charge in [-0.15, -0.1) is 0 Å². The summed E-state index contributed by atoms with van der Waals surface area (Å²) in [5, 5.41) is 12.5. The molecule has 184 valence electrons. The molecule has 1 aromatic heterocycles. The van der Waals surface area contributed by atoms with Gasteiger partial charge in [0.25, 0.3) is 11.8 Å². The summed E-state index contributed by atoms with van der Waals surface area (Å²) in [6, 6.07) is 7.41. The van der Waals surface area contributed by atoms with Crippen molar-refractivity contribution in [2.45, 2.75) is 52.3 Å². The Morgan fingerprint density at radius 3 is 2.74 bits per heavy atom. The van der Waals surface area contributed by atoms with E-state index in [0.717, 1.165) is 37.1 Å². The van der Waals surface area contributed by atoms with Gasteiger partial charge >= 0.3 is 0 Å². The summed E-state index contributed by atoms with van der Waals surface area (Å²) >= 11 is 6.42. The maximum atomic E-state index is 12.8. The first kappa shape index (κ1) is 25.1. The van der Waals surface area contributed by atoms with Crippen LogP contribution < -0.4 is 5.32 Å². The summed E-state index contributed by atoms with van der Waals surface area (Å²) in [5.74, 6) is -0.206. The minimum atomic E-state index is -0.309. The Morgan fingerprint density at radius 1 is 1.29 bits per heavy atom. The zero-order valence-electron chi connectivity index (χ0n) is 20.3. The molecule has 8 nitrogen and oxygen atoms in total. The van der Waals surface area contributed by atoms with E-state index < -0.39 is 0 Å². The molecular weight excluding hydrogens is 466 g/mol. The lowest BCUT2D eigenvalue weighted by Gasteiger charge is -2.41. The van der Waals surface area contributed by atoms with Crippen LogP contribution >= 0.6 is 11.6 Å². The van der Waals surface area contributed by atoms with E-state index in [9.17, 15) is 9.59 Å². The van der Waals surface area contributed by atoms with E-state index in [0.29, 0.717) is 47.2 Å². The smallest absolute Gasteiger partial charge is 0.257 e. The third kappa shape index (κ3) is 5.64. The summed E-state index contributed by atoms with van der Waals surface area (Å²) in [5.41, 5.74) is 3.92. The van der Waals surface area contributed by atoms with Gasteiger partial charge in [0.05, 0.1) is 5.56 Å². The molecule has 2 aliphatic rings. The van der Waals surface area contributed by atoms with Crippen LogP contribution in [-0.4, -0.2) is 65.0 Å². The number of amides is 2. The van der Waals surface area contributed by atoms with Crippen molar-refractivity contribution in [2.24, 2.45) is 0 Å². The standard InChI is InChI=1S/C26H30ClN5O3/c1-16-9-19(13-29-23(16)12-28)25(33)30-22-11-21(27)10-20(18(22)3)15-31-6-7-32(17(2)14-31)26(34)24-5-4-8-35-24/h9-11,13,17,24H,4-8,14-15H2,1-3H3,(H,30,33)/t17-,24?/m0/s1. The number of carbonyl (C=O) groups excluding carboxylic acids is 2. The van der Waals surface area contributed by atoms with Crippen LogP contribution in [0, 0.1) is 25.2 Å². The van der Waals surface area contributed by atoms with Crippen molar-refractivity contribution in [1.82, 2.24) is 14.8 Å². The van der Waals surface area contributed by atoms with Crippen molar-refractivity contribution < 1.29 is 14.3 Å². The summed E-state index contributed by atoms with van der Waals surface area (Å²) in [4.78, 5) is 34.0. The molecule has 9 heteroatoms. The van der Waals surface area contributed by atoms with Crippen molar-refractivity contribution in [2.75, 3.05) is 31.6 Å². The largest absolute Gasteiger partial charge is 0.368 e. The van der Waals surface area contributed by atoms with E-state index in [2.05, 4.69) is 22.1 Å². The number of carbonyl (C=O) groups is 2. The number of hydrogen-bond acceptors (Lipinski definition) is 6. The quantitative estimate of drug-likeness (QED) is 0.679. The van der Waals surface area contributed by atoms with E-state index in [4.69, 9.17) is 21.6 Å². The maximum Gasteiger partial charge on any atom is 0.257 e. The number of piperazine rings is 1. The van der Waals surface area contributed by atoms with Crippen LogP contribution in [0.2, 0.25) is 5.02 Å². The SMILES string of the molecule is Cc1cc(C(=O)Nc2cc(Cl)cc(CN3CCN(C(=O)C4CCCO4)[C@@H](C)C3)c2C)cnc1C#N. The Labute approximate surface area is 210 Å². The fourth-order valence-corrected chi connectivity index (χ4v) is 4.98. The van der Waals surface area contributed by atoms with Gasteiger partial charge in [-0.05, 0) is 68.5 Å². The van der Waals surface area contributed by atoms with Crippen LogP contribution in [0.3, 0.4) is 0 Å². The normalized spacial score (nSPS) is 20.5. The summed E-state index contributed by atoms with van der Waals surface area (Å²) in [6.07, 6.45) is 2.86. The van der Waals surface area contributed by atoms with Crippen molar-refractivity contribution >= 4 is 29.1 Å². The molecule has 1 aromatic carbocycles. The lowest BCUT2D eigenvalue weighted by molar-refractivity contribution is -0.145. The number of hydrogen-bond donors (Lipinski definition) is 1. The second-order valence-electron chi connectivity index (χ2n) is 9.31. The minimum absolute atomic E-state index is 0.0891. The molecule has 0 radical (unpaired) electrons. The molecule has 1 N–H and O–H groups in total. The number of benzene rings is 1. The van der Waals surface area contributed by atoms with Crippen molar-refractivity contribution in [3.8, 4) is 6.07 Å².